The first kappa shape index (κ1) is 15.5. The van der Waals surface area contributed by atoms with E-state index >= 15 is 0 Å². The van der Waals surface area contributed by atoms with Crippen molar-refractivity contribution in [2.75, 3.05) is 19.6 Å². The summed E-state index contributed by atoms with van der Waals surface area (Å²) < 4.78 is 18.7. The number of benzene rings is 2. The summed E-state index contributed by atoms with van der Waals surface area (Å²) in [6.07, 6.45) is 0.961. The lowest BCUT2D eigenvalue weighted by Crippen LogP contribution is -2.29. The Kier molecular flexibility index (Phi) is 4.57. The molecule has 1 fully saturated rings. The van der Waals surface area contributed by atoms with Gasteiger partial charge in [0.2, 0.25) is 0 Å². The summed E-state index contributed by atoms with van der Waals surface area (Å²) in [5.74, 6) is 1.05. The third kappa shape index (κ3) is 3.68. The molecule has 1 aliphatic heterocycles. The fourth-order valence-corrected chi connectivity index (χ4v) is 2.72. The minimum absolute atomic E-state index is 0.0123. The highest BCUT2D eigenvalue weighted by Crippen LogP contribution is 2.23. The number of nitrogens with two attached hydrogens (primary N) is 1. The summed E-state index contributed by atoms with van der Waals surface area (Å²) in [4.78, 5) is 14.3. The first-order chi connectivity index (χ1) is 11.2. The van der Waals surface area contributed by atoms with Gasteiger partial charge in [0.25, 0.3) is 5.91 Å². The van der Waals surface area contributed by atoms with Crippen molar-refractivity contribution in [2.45, 2.75) is 6.42 Å². The third-order valence-corrected chi connectivity index (χ3v) is 4.04. The normalized spacial score (nSPS) is 17.3. The maximum Gasteiger partial charge on any atom is 0.253 e. The highest BCUT2D eigenvalue weighted by atomic mass is 19.1. The van der Waals surface area contributed by atoms with Crippen LogP contribution in [0.25, 0.3) is 0 Å². The van der Waals surface area contributed by atoms with Gasteiger partial charge in [-0.1, -0.05) is 6.07 Å². The van der Waals surface area contributed by atoms with Gasteiger partial charge in [-0.15, -0.1) is 0 Å². The average Bonchev–Trinajstić information content (AvgIpc) is 3.04. The van der Waals surface area contributed by atoms with Crippen LogP contribution in [0, 0.1) is 11.7 Å². The molecule has 3 rings (SSSR count). The lowest BCUT2D eigenvalue weighted by atomic mass is 10.1. The predicted molar refractivity (Wildman–Crippen MR) is 86.0 cm³/mol. The SMILES string of the molecule is NC[C@H]1CCN(C(=O)c2ccc(Oc3cccc(F)c3)cc2)C1. The number of likely N-dealkylation sites (tertiary alicyclic amines) is 1. The zero-order valence-corrected chi connectivity index (χ0v) is 12.7. The molecule has 0 bridgehead atoms. The van der Waals surface area contributed by atoms with E-state index in [1.165, 1.54) is 12.1 Å². The van der Waals surface area contributed by atoms with Crippen molar-refractivity contribution in [3.05, 3.63) is 59.9 Å². The van der Waals surface area contributed by atoms with Gasteiger partial charge in [-0.3, -0.25) is 4.79 Å². The fraction of sp³-hybridized carbons (Fsp3) is 0.278. The van der Waals surface area contributed by atoms with E-state index in [1.807, 2.05) is 4.90 Å². The molecule has 1 aliphatic rings. The molecule has 1 saturated heterocycles. The summed E-state index contributed by atoms with van der Waals surface area (Å²) >= 11 is 0. The van der Waals surface area contributed by atoms with Crippen LogP contribution >= 0.6 is 0 Å². The lowest BCUT2D eigenvalue weighted by Gasteiger charge is -2.16. The largest absolute Gasteiger partial charge is 0.457 e. The van der Waals surface area contributed by atoms with E-state index in [9.17, 15) is 9.18 Å². The van der Waals surface area contributed by atoms with Gasteiger partial charge in [0, 0.05) is 24.7 Å². The molecule has 1 amide bonds. The maximum atomic E-state index is 13.1. The second-order valence-corrected chi connectivity index (χ2v) is 5.73. The average molecular weight is 314 g/mol. The van der Waals surface area contributed by atoms with Crippen molar-refractivity contribution in [2.24, 2.45) is 11.7 Å². The quantitative estimate of drug-likeness (QED) is 0.943. The predicted octanol–water partition coefficient (Wildman–Crippen LogP) is 3.04. The molecule has 5 heteroatoms. The van der Waals surface area contributed by atoms with Crippen LogP contribution in [0.3, 0.4) is 0 Å². The number of carbonyl (C=O) groups excluding carboxylic acids is 1. The molecule has 0 saturated carbocycles. The van der Waals surface area contributed by atoms with Gasteiger partial charge in [-0.25, -0.2) is 4.39 Å². The standard InChI is InChI=1S/C18H19FN2O2/c19-15-2-1-3-17(10-15)23-16-6-4-14(5-7-16)18(22)21-9-8-13(11-20)12-21/h1-7,10,13H,8-9,11-12,20H2/t13-/m1/s1. The second kappa shape index (κ2) is 6.79. The molecule has 4 nitrogen and oxygen atoms in total. The van der Waals surface area contributed by atoms with Crippen molar-refractivity contribution in [3.8, 4) is 11.5 Å². The molecule has 0 radical (unpaired) electrons. The molecule has 2 N–H and O–H groups in total. The molecule has 0 spiro atoms. The number of ether oxygens (including phenoxy) is 1. The number of carbonyl (C=O) groups is 1. The molecular weight excluding hydrogens is 295 g/mol. The highest BCUT2D eigenvalue weighted by molar-refractivity contribution is 5.94. The van der Waals surface area contributed by atoms with Gasteiger partial charge in [0.15, 0.2) is 0 Å². The van der Waals surface area contributed by atoms with Crippen molar-refractivity contribution in [1.82, 2.24) is 4.90 Å². The molecule has 0 aliphatic carbocycles. The van der Waals surface area contributed by atoms with E-state index in [1.54, 1.807) is 36.4 Å². The van der Waals surface area contributed by atoms with Crippen molar-refractivity contribution in [3.63, 3.8) is 0 Å². The maximum absolute atomic E-state index is 13.1. The number of halogens is 1. The van der Waals surface area contributed by atoms with E-state index in [0.29, 0.717) is 29.5 Å². The highest BCUT2D eigenvalue weighted by Gasteiger charge is 2.25. The first-order valence-corrected chi connectivity index (χ1v) is 7.68. The van der Waals surface area contributed by atoms with Gasteiger partial charge in [0.1, 0.15) is 17.3 Å². The van der Waals surface area contributed by atoms with Gasteiger partial charge in [-0.2, -0.15) is 0 Å². The number of amides is 1. The summed E-state index contributed by atoms with van der Waals surface area (Å²) in [7, 11) is 0. The minimum Gasteiger partial charge on any atom is -0.457 e. The fourth-order valence-electron chi connectivity index (χ4n) is 2.72. The molecule has 1 heterocycles. The van der Waals surface area contributed by atoms with E-state index in [4.69, 9.17) is 10.5 Å². The van der Waals surface area contributed by atoms with Crippen molar-refractivity contribution < 1.29 is 13.9 Å². The van der Waals surface area contributed by atoms with Gasteiger partial charge < -0.3 is 15.4 Å². The Balaban J connectivity index is 1.66. The van der Waals surface area contributed by atoms with Crippen LogP contribution in [-0.4, -0.2) is 30.4 Å². The molecule has 2 aromatic carbocycles. The Hall–Kier alpha value is -2.40. The Labute approximate surface area is 134 Å². The van der Waals surface area contributed by atoms with Crippen LogP contribution in [0.2, 0.25) is 0 Å². The van der Waals surface area contributed by atoms with Gasteiger partial charge in [-0.05, 0) is 55.3 Å². The topological polar surface area (TPSA) is 55.6 Å². The number of rotatable bonds is 4. The van der Waals surface area contributed by atoms with E-state index in [0.717, 1.165) is 19.5 Å². The number of hydrogen-bond acceptors (Lipinski definition) is 3. The minimum atomic E-state index is -0.349. The van der Waals surface area contributed by atoms with Gasteiger partial charge >= 0.3 is 0 Å². The number of nitrogens with zero attached hydrogens (tertiary/aromatic N) is 1. The van der Waals surface area contributed by atoms with Crippen LogP contribution in [0.4, 0.5) is 4.39 Å². The Morgan fingerprint density at radius 3 is 2.65 bits per heavy atom. The number of hydrogen-bond donors (Lipinski definition) is 1. The Morgan fingerprint density at radius 1 is 1.22 bits per heavy atom. The van der Waals surface area contributed by atoms with Crippen LogP contribution in [0.15, 0.2) is 48.5 Å². The molecule has 120 valence electrons. The second-order valence-electron chi connectivity index (χ2n) is 5.73. The summed E-state index contributed by atoms with van der Waals surface area (Å²) in [6, 6.07) is 12.8. The molecule has 0 aromatic heterocycles. The molecular formula is C18H19FN2O2. The summed E-state index contributed by atoms with van der Waals surface area (Å²) in [6.45, 7) is 2.09. The van der Waals surface area contributed by atoms with Crippen LogP contribution in [-0.2, 0) is 0 Å². The zero-order chi connectivity index (χ0) is 16.2. The van der Waals surface area contributed by atoms with Crippen molar-refractivity contribution >= 4 is 5.91 Å². The van der Waals surface area contributed by atoms with Gasteiger partial charge in [0.05, 0.1) is 0 Å². The van der Waals surface area contributed by atoms with Crippen molar-refractivity contribution in [1.29, 1.82) is 0 Å². The van der Waals surface area contributed by atoms with Crippen LogP contribution in [0.1, 0.15) is 16.8 Å². The molecule has 1 atom stereocenters. The Bertz CT molecular complexity index is 688. The molecule has 23 heavy (non-hydrogen) atoms. The first-order valence-electron chi connectivity index (χ1n) is 7.68. The lowest BCUT2D eigenvalue weighted by molar-refractivity contribution is 0.0787. The monoisotopic (exact) mass is 314 g/mol. The summed E-state index contributed by atoms with van der Waals surface area (Å²) in [5.41, 5.74) is 6.28. The summed E-state index contributed by atoms with van der Waals surface area (Å²) in [5, 5.41) is 0. The van der Waals surface area contributed by atoms with E-state index < -0.39 is 0 Å². The molecule has 2 aromatic rings. The smallest absolute Gasteiger partial charge is 0.253 e. The molecule has 0 unspecified atom stereocenters. The zero-order valence-electron chi connectivity index (χ0n) is 12.7. The van der Waals surface area contributed by atoms with Crippen LogP contribution in [0.5, 0.6) is 11.5 Å². The third-order valence-electron chi connectivity index (χ3n) is 4.04. The Morgan fingerprint density at radius 2 is 2.00 bits per heavy atom. The van der Waals surface area contributed by atoms with Crippen LogP contribution < -0.4 is 10.5 Å². The van der Waals surface area contributed by atoms with E-state index in [2.05, 4.69) is 0 Å². The van der Waals surface area contributed by atoms with E-state index in [-0.39, 0.29) is 11.7 Å².